The molecule has 2 nitrogen and oxygen atoms in total. The van der Waals surface area contributed by atoms with Crippen molar-refractivity contribution in [3.63, 3.8) is 0 Å². The molecule has 0 amide bonds. The highest BCUT2D eigenvalue weighted by Gasteiger charge is 2.27. The lowest BCUT2D eigenvalue weighted by molar-refractivity contribution is 0.218. The van der Waals surface area contributed by atoms with Gasteiger partial charge in [0.2, 0.25) is 0 Å². The quantitative estimate of drug-likeness (QED) is 0.901. The van der Waals surface area contributed by atoms with E-state index in [1.165, 1.54) is 28.1 Å². The molecule has 0 unspecified atom stereocenters. The average Bonchev–Trinajstić information content (AvgIpc) is 3.08. The summed E-state index contributed by atoms with van der Waals surface area (Å²) in [5, 5.41) is 10.7. The van der Waals surface area contributed by atoms with Gasteiger partial charge in [-0.1, -0.05) is 19.9 Å². The van der Waals surface area contributed by atoms with Crippen LogP contribution in [0.3, 0.4) is 0 Å². The first-order valence-electron chi connectivity index (χ1n) is 6.12. The summed E-state index contributed by atoms with van der Waals surface area (Å²) < 4.78 is 1.27. The van der Waals surface area contributed by atoms with E-state index in [-0.39, 0.29) is 12.0 Å². The van der Waals surface area contributed by atoms with Gasteiger partial charge in [0.25, 0.3) is 0 Å². The number of aromatic nitrogens is 1. The first-order chi connectivity index (χ1) is 8.10. The molecule has 17 heavy (non-hydrogen) atoms. The van der Waals surface area contributed by atoms with E-state index < -0.39 is 0 Å². The third-order valence-corrected chi connectivity index (χ3v) is 4.71. The maximum Gasteiger partial charge on any atom is 0.0969 e. The summed E-state index contributed by atoms with van der Waals surface area (Å²) >= 11 is 1.82. The van der Waals surface area contributed by atoms with Crippen LogP contribution in [0.15, 0.2) is 18.2 Å². The zero-order valence-corrected chi connectivity index (χ0v) is 11.0. The predicted octanol–water partition coefficient (Wildman–Crippen LogP) is 3.44. The normalized spacial score (nSPS) is 16.6. The van der Waals surface area contributed by atoms with Crippen LogP contribution in [-0.2, 0) is 5.41 Å². The number of aliphatic hydroxyl groups excluding tert-OH is 1. The largest absolute Gasteiger partial charge is 0.395 e. The minimum atomic E-state index is -0.183. The van der Waals surface area contributed by atoms with Gasteiger partial charge in [0, 0.05) is 11.3 Å². The van der Waals surface area contributed by atoms with Crippen LogP contribution in [0.4, 0.5) is 0 Å². The van der Waals surface area contributed by atoms with E-state index in [0.29, 0.717) is 0 Å². The number of hydrogen-bond acceptors (Lipinski definition) is 3. The van der Waals surface area contributed by atoms with Crippen molar-refractivity contribution >= 4 is 21.6 Å². The maximum atomic E-state index is 9.41. The number of aliphatic hydroxyl groups is 1. The van der Waals surface area contributed by atoms with Crippen molar-refractivity contribution in [3.8, 4) is 0 Å². The van der Waals surface area contributed by atoms with Gasteiger partial charge in [0.05, 0.1) is 21.8 Å². The monoisotopic (exact) mass is 247 g/mol. The van der Waals surface area contributed by atoms with Gasteiger partial charge in [0.15, 0.2) is 0 Å². The molecule has 1 aromatic carbocycles. The van der Waals surface area contributed by atoms with Crippen molar-refractivity contribution in [3.05, 3.63) is 28.8 Å². The van der Waals surface area contributed by atoms with Crippen LogP contribution >= 0.6 is 11.3 Å². The van der Waals surface area contributed by atoms with Gasteiger partial charge in [-0.05, 0) is 30.5 Å². The molecule has 90 valence electrons. The van der Waals surface area contributed by atoms with Crippen molar-refractivity contribution < 1.29 is 5.11 Å². The van der Waals surface area contributed by atoms with E-state index in [2.05, 4.69) is 32.0 Å². The summed E-state index contributed by atoms with van der Waals surface area (Å²) in [4.78, 5) is 4.72. The van der Waals surface area contributed by atoms with Crippen LogP contribution in [0.2, 0.25) is 0 Å². The Bertz CT molecular complexity index is 554. The Morgan fingerprint density at radius 1 is 1.41 bits per heavy atom. The van der Waals surface area contributed by atoms with Crippen LogP contribution in [0.5, 0.6) is 0 Å². The highest BCUT2D eigenvalue weighted by Crippen LogP contribution is 2.43. The van der Waals surface area contributed by atoms with Gasteiger partial charge >= 0.3 is 0 Å². The van der Waals surface area contributed by atoms with Gasteiger partial charge in [-0.15, -0.1) is 11.3 Å². The number of fused-ring (bicyclic) bond motifs is 1. The maximum absolute atomic E-state index is 9.41. The fraction of sp³-hybridized carbons (Fsp3) is 0.500. The number of nitrogens with zero attached hydrogens (tertiary/aromatic N) is 1. The Kier molecular flexibility index (Phi) is 2.49. The molecule has 2 aromatic rings. The number of rotatable bonds is 3. The first-order valence-corrected chi connectivity index (χ1v) is 6.93. The number of hydrogen-bond donors (Lipinski definition) is 1. The Labute approximate surface area is 105 Å². The summed E-state index contributed by atoms with van der Waals surface area (Å²) in [6.45, 7) is 4.28. The van der Waals surface area contributed by atoms with Crippen molar-refractivity contribution in [2.75, 3.05) is 6.61 Å². The molecule has 1 aromatic heterocycles. The summed E-state index contributed by atoms with van der Waals surface area (Å²) in [6, 6.07) is 6.40. The highest BCUT2D eigenvalue weighted by molar-refractivity contribution is 7.18. The zero-order chi connectivity index (χ0) is 12.0. The van der Waals surface area contributed by atoms with Gasteiger partial charge in [-0.2, -0.15) is 0 Å². The SMILES string of the molecule is CC(C)(CO)c1ccc2sc(C3CC3)nc2c1. The molecular formula is C14H17NOS. The minimum absolute atomic E-state index is 0.165. The lowest BCUT2D eigenvalue weighted by Gasteiger charge is -2.21. The van der Waals surface area contributed by atoms with Gasteiger partial charge < -0.3 is 5.11 Å². The third-order valence-electron chi connectivity index (χ3n) is 3.51. The molecule has 1 fully saturated rings. The van der Waals surface area contributed by atoms with Crippen LogP contribution < -0.4 is 0 Å². The van der Waals surface area contributed by atoms with E-state index in [0.717, 1.165) is 11.4 Å². The van der Waals surface area contributed by atoms with E-state index in [1.807, 2.05) is 11.3 Å². The second-order valence-corrected chi connectivity index (χ2v) is 6.61. The Morgan fingerprint density at radius 2 is 2.18 bits per heavy atom. The second kappa shape index (κ2) is 3.79. The van der Waals surface area contributed by atoms with Crippen LogP contribution in [-0.4, -0.2) is 16.7 Å². The molecule has 0 spiro atoms. The van der Waals surface area contributed by atoms with Crippen LogP contribution in [0, 0.1) is 0 Å². The minimum Gasteiger partial charge on any atom is -0.395 e. The highest BCUT2D eigenvalue weighted by atomic mass is 32.1. The van der Waals surface area contributed by atoms with Gasteiger partial charge in [0.1, 0.15) is 0 Å². The Hall–Kier alpha value is -0.930. The predicted molar refractivity (Wildman–Crippen MR) is 71.7 cm³/mol. The van der Waals surface area contributed by atoms with Crippen molar-refractivity contribution in [2.24, 2.45) is 0 Å². The average molecular weight is 247 g/mol. The van der Waals surface area contributed by atoms with E-state index in [1.54, 1.807) is 0 Å². The Morgan fingerprint density at radius 3 is 2.82 bits per heavy atom. The molecule has 0 atom stereocenters. The molecule has 1 saturated carbocycles. The number of benzene rings is 1. The smallest absolute Gasteiger partial charge is 0.0969 e. The third kappa shape index (κ3) is 1.98. The van der Waals surface area contributed by atoms with Gasteiger partial charge in [-0.25, -0.2) is 4.98 Å². The molecule has 1 aliphatic carbocycles. The van der Waals surface area contributed by atoms with Crippen LogP contribution in [0.1, 0.15) is 43.2 Å². The summed E-state index contributed by atoms with van der Waals surface area (Å²) in [7, 11) is 0. The first kappa shape index (κ1) is 11.2. The summed E-state index contributed by atoms with van der Waals surface area (Å²) in [5.41, 5.74) is 2.08. The topological polar surface area (TPSA) is 33.1 Å². The van der Waals surface area contributed by atoms with Gasteiger partial charge in [-0.3, -0.25) is 0 Å². The lowest BCUT2D eigenvalue weighted by Crippen LogP contribution is -2.21. The van der Waals surface area contributed by atoms with Crippen molar-refractivity contribution in [2.45, 2.75) is 38.0 Å². The van der Waals surface area contributed by atoms with E-state index in [9.17, 15) is 5.11 Å². The summed E-state index contributed by atoms with van der Waals surface area (Å²) in [5.74, 6) is 0.724. The molecule has 0 bridgehead atoms. The Balaban J connectivity index is 2.05. The van der Waals surface area contributed by atoms with E-state index in [4.69, 9.17) is 4.98 Å². The molecule has 1 N–H and O–H groups in total. The van der Waals surface area contributed by atoms with Crippen molar-refractivity contribution in [1.29, 1.82) is 0 Å². The van der Waals surface area contributed by atoms with Crippen molar-refractivity contribution in [1.82, 2.24) is 4.98 Å². The zero-order valence-electron chi connectivity index (χ0n) is 10.2. The standard InChI is InChI=1S/C14H17NOS/c1-14(2,8-16)10-5-6-12-11(7-10)15-13(17-12)9-3-4-9/h5-7,9,16H,3-4,8H2,1-2H3. The molecule has 3 heteroatoms. The fourth-order valence-corrected chi connectivity index (χ4v) is 3.08. The lowest BCUT2D eigenvalue weighted by atomic mass is 9.85. The number of thiazole rings is 1. The molecule has 0 aliphatic heterocycles. The molecule has 0 saturated heterocycles. The van der Waals surface area contributed by atoms with Crippen LogP contribution in [0.25, 0.3) is 10.2 Å². The molecular weight excluding hydrogens is 230 g/mol. The molecule has 1 heterocycles. The fourth-order valence-electron chi connectivity index (χ4n) is 1.96. The molecule has 0 radical (unpaired) electrons. The summed E-state index contributed by atoms with van der Waals surface area (Å²) in [6.07, 6.45) is 2.60. The molecule has 1 aliphatic rings. The van der Waals surface area contributed by atoms with E-state index >= 15 is 0 Å². The second-order valence-electron chi connectivity index (χ2n) is 5.55. The molecule has 3 rings (SSSR count).